The van der Waals surface area contributed by atoms with Crippen molar-refractivity contribution in [3.05, 3.63) is 212 Å². The van der Waals surface area contributed by atoms with Crippen LogP contribution in [0.3, 0.4) is 0 Å². The summed E-state index contributed by atoms with van der Waals surface area (Å²) in [7, 11) is 0. The van der Waals surface area contributed by atoms with Crippen molar-refractivity contribution >= 4 is 65.4 Å². The summed E-state index contributed by atoms with van der Waals surface area (Å²) in [6.07, 6.45) is 0. The van der Waals surface area contributed by atoms with Gasteiger partial charge in [-0.05, 0) is 71.8 Å². The second-order valence-electron chi connectivity index (χ2n) is 15.2. The van der Waals surface area contributed by atoms with Crippen molar-refractivity contribution < 1.29 is 0 Å². The predicted molar refractivity (Wildman–Crippen MR) is 245 cm³/mol. The Morgan fingerprint density at radius 1 is 0.322 bits per heavy atom. The summed E-state index contributed by atoms with van der Waals surface area (Å²) in [6, 6.07) is 76.0. The largest absolute Gasteiger partial charge is 0.309 e. The fourth-order valence-corrected chi connectivity index (χ4v) is 9.61. The van der Waals surface area contributed by atoms with Gasteiger partial charge in [0.05, 0.1) is 38.7 Å². The van der Waals surface area contributed by atoms with E-state index in [4.69, 9.17) is 0 Å². The monoisotopic (exact) mass is 750 g/mol. The zero-order chi connectivity index (χ0) is 39.0. The predicted octanol–water partition coefficient (Wildman–Crippen LogP) is 14.2. The van der Waals surface area contributed by atoms with Gasteiger partial charge in [-0.25, -0.2) is 0 Å². The summed E-state index contributed by atoms with van der Waals surface area (Å²) in [5, 5.41) is 18.1. The van der Waals surface area contributed by atoms with Crippen LogP contribution in [-0.4, -0.2) is 13.7 Å². The van der Waals surface area contributed by atoms with Crippen LogP contribution in [0.5, 0.6) is 0 Å². The minimum Gasteiger partial charge on any atom is -0.309 e. The van der Waals surface area contributed by atoms with E-state index in [1.54, 1.807) is 0 Å². The molecular formula is C55H34N4. The third-order valence-electron chi connectivity index (χ3n) is 12.1. The molecule has 0 fully saturated rings. The molecule has 12 rings (SSSR count). The van der Waals surface area contributed by atoms with Crippen molar-refractivity contribution in [1.82, 2.24) is 13.7 Å². The highest BCUT2D eigenvalue weighted by Crippen LogP contribution is 2.44. The fraction of sp³-hybridized carbons (Fsp3) is 0. The zero-order valence-electron chi connectivity index (χ0n) is 31.9. The number of hydrogen-bond donors (Lipinski definition) is 0. The van der Waals surface area contributed by atoms with Crippen LogP contribution in [0.15, 0.2) is 206 Å². The van der Waals surface area contributed by atoms with Gasteiger partial charge in [0.2, 0.25) is 0 Å². The van der Waals surface area contributed by atoms with E-state index in [-0.39, 0.29) is 0 Å². The topological polar surface area (TPSA) is 38.6 Å². The van der Waals surface area contributed by atoms with Crippen molar-refractivity contribution in [1.29, 1.82) is 5.26 Å². The number of hydrogen-bond acceptors (Lipinski definition) is 1. The summed E-state index contributed by atoms with van der Waals surface area (Å²) in [5.41, 5.74) is 14.5. The maximum absolute atomic E-state index is 10.9. The van der Waals surface area contributed by atoms with E-state index in [0.29, 0.717) is 5.56 Å². The first-order valence-electron chi connectivity index (χ1n) is 20.0. The van der Waals surface area contributed by atoms with Crippen LogP contribution in [0.4, 0.5) is 0 Å². The molecule has 3 heterocycles. The van der Waals surface area contributed by atoms with Crippen LogP contribution in [0.25, 0.3) is 105 Å². The van der Waals surface area contributed by atoms with E-state index >= 15 is 0 Å². The van der Waals surface area contributed by atoms with Crippen LogP contribution in [0.1, 0.15) is 5.56 Å². The molecule has 0 saturated carbocycles. The lowest BCUT2D eigenvalue weighted by molar-refractivity contribution is 1.14. The van der Waals surface area contributed by atoms with Crippen molar-refractivity contribution in [2.24, 2.45) is 0 Å². The molecule has 59 heavy (non-hydrogen) atoms. The minimum absolute atomic E-state index is 0.652. The van der Waals surface area contributed by atoms with Crippen molar-refractivity contribution in [3.8, 4) is 45.4 Å². The van der Waals surface area contributed by atoms with E-state index in [2.05, 4.69) is 208 Å². The number of rotatable bonds is 5. The van der Waals surface area contributed by atoms with Gasteiger partial charge in [0.25, 0.3) is 0 Å². The molecule has 0 N–H and O–H groups in total. The standard InChI is InChI=1S/C55H34N4/c56-35-48-41(36-16-3-1-4-17-36)24-15-25-42(48)37-32-39(58-49-26-11-7-20-43(49)44-21-8-12-27-50(44)58)34-40(33-37)59-51-28-13-9-22-45(51)46-30-31-53-54(55(46)59)47-23-10-14-29-52(47)57(53)38-18-5-2-6-19-38/h1-34H. The Bertz CT molecular complexity index is 3620. The molecule has 0 saturated heterocycles. The van der Waals surface area contributed by atoms with Crippen molar-refractivity contribution in [2.45, 2.75) is 0 Å². The second-order valence-corrected chi connectivity index (χ2v) is 15.2. The van der Waals surface area contributed by atoms with Gasteiger partial charge in [0.1, 0.15) is 6.07 Å². The molecule has 0 aliphatic carbocycles. The molecule has 0 aliphatic heterocycles. The van der Waals surface area contributed by atoms with Gasteiger partial charge in [-0.3, -0.25) is 0 Å². The molecule has 4 nitrogen and oxygen atoms in total. The quantitative estimate of drug-likeness (QED) is 0.173. The van der Waals surface area contributed by atoms with Crippen molar-refractivity contribution in [2.75, 3.05) is 0 Å². The smallest absolute Gasteiger partial charge is 0.100 e. The van der Waals surface area contributed by atoms with Gasteiger partial charge >= 0.3 is 0 Å². The third-order valence-corrected chi connectivity index (χ3v) is 12.1. The van der Waals surface area contributed by atoms with Crippen LogP contribution >= 0.6 is 0 Å². The molecular weight excluding hydrogens is 717 g/mol. The zero-order valence-corrected chi connectivity index (χ0v) is 31.9. The number of nitriles is 1. The third kappa shape index (κ3) is 4.89. The average Bonchev–Trinajstić information content (AvgIpc) is 3.95. The van der Waals surface area contributed by atoms with Gasteiger partial charge in [0, 0.05) is 60.5 Å². The molecule has 0 atom stereocenters. The Balaban J connectivity index is 1.24. The number of aromatic nitrogens is 3. The first-order chi connectivity index (χ1) is 29.3. The normalized spacial score (nSPS) is 11.7. The van der Waals surface area contributed by atoms with Crippen LogP contribution in [-0.2, 0) is 0 Å². The van der Waals surface area contributed by atoms with Gasteiger partial charge < -0.3 is 13.7 Å². The molecule has 9 aromatic carbocycles. The SMILES string of the molecule is N#Cc1c(-c2ccccc2)cccc1-c1cc(-n2c3ccccc3c3ccccc32)cc(-n2c3ccccc3c3ccc4c(c5ccccc5n4-c4ccccc4)c32)c1. The Kier molecular flexibility index (Phi) is 7.26. The fourth-order valence-electron chi connectivity index (χ4n) is 9.61. The Labute approximate surface area is 340 Å². The number of nitrogens with zero attached hydrogens (tertiary/aromatic N) is 4. The molecule has 274 valence electrons. The molecule has 0 unspecified atom stereocenters. The summed E-state index contributed by atoms with van der Waals surface area (Å²) >= 11 is 0. The average molecular weight is 751 g/mol. The summed E-state index contributed by atoms with van der Waals surface area (Å²) in [4.78, 5) is 0. The Morgan fingerprint density at radius 3 is 1.42 bits per heavy atom. The maximum Gasteiger partial charge on any atom is 0.100 e. The highest BCUT2D eigenvalue weighted by molar-refractivity contribution is 6.26. The molecule has 0 amide bonds. The van der Waals surface area contributed by atoms with Crippen molar-refractivity contribution in [3.63, 3.8) is 0 Å². The molecule has 0 aliphatic rings. The summed E-state index contributed by atoms with van der Waals surface area (Å²) in [5.74, 6) is 0. The Hall–Kier alpha value is -8.13. The van der Waals surface area contributed by atoms with Gasteiger partial charge in [-0.1, -0.05) is 146 Å². The maximum atomic E-state index is 10.9. The molecule has 0 radical (unpaired) electrons. The first-order valence-corrected chi connectivity index (χ1v) is 20.0. The highest BCUT2D eigenvalue weighted by atomic mass is 15.0. The van der Waals surface area contributed by atoms with Crippen LogP contribution in [0, 0.1) is 11.3 Å². The van der Waals surface area contributed by atoms with Gasteiger partial charge in [0.15, 0.2) is 0 Å². The molecule has 0 spiro atoms. The van der Waals surface area contributed by atoms with Crippen LogP contribution in [0.2, 0.25) is 0 Å². The molecule has 4 heteroatoms. The Morgan fingerprint density at radius 2 is 0.797 bits per heavy atom. The number of benzene rings is 9. The van der Waals surface area contributed by atoms with Gasteiger partial charge in [-0.2, -0.15) is 5.26 Å². The van der Waals surface area contributed by atoms with E-state index < -0.39 is 0 Å². The van der Waals surface area contributed by atoms with E-state index in [1.165, 1.54) is 32.3 Å². The lowest BCUT2D eigenvalue weighted by atomic mass is 9.92. The van der Waals surface area contributed by atoms with Gasteiger partial charge in [-0.15, -0.1) is 0 Å². The van der Waals surface area contributed by atoms with E-state index in [0.717, 1.165) is 72.4 Å². The lowest BCUT2D eigenvalue weighted by Crippen LogP contribution is -2.01. The van der Waals surface area contributed by atoms with E-state index in [9.17, 15) is 5.26 Å². The number of para-hydroxylation sites is 5. The molecule has 12 aromatic rings. The first kappa shape index (κ1) is 33.1. The summed E-state index contributed by atoms with van der Waals surface area (Å²) < 4.78 is 7.23. The number of fused-ring (bicyclic) bond motifs is 10. The van der Waals surface area contributed by atoms with Crippen LogP contribution < -0.4 is 0 Å². The molecule has 3 aromatic heterocycles. The van der Waals surface area contributed by atoms with E-state index in [1.807, 2.05) is 18.2 Å². The highest BCUT2D eigenvalue weighted by Gasteiger charge is 2.23. The summed E-state index contributed by atoms with van der Waals surface area (Å²) in [6.45, 7) is 0. The lowest BCUT2D eigenvalue weighted by Gasteiger charge is -2.17. The molecule has 0 bridgehead atoms. The second kappa shape index (κ2) is 13.0. The minimum atomic E-state index is 0.652.